The summed E-state index contributed by atoms with van der Waals surface area (Å²) in [7, 11) is 0. The van der Waals surface area contributed by atoms with Crippen molar-refractivity contribution < 1.29 is 24.9 Å². The minimum absolute atomic E-state index is 0.0801. The highest BCUT2D eigenvalue weighted by atomic mass is 35.5. The number of anilines is 2. The van der Waals surface area contributed by atoms with Crippen molar-refractivity contribution in [1.82, 2.24) is 15.3 Å². The molecule has 0 saturated heterocycles. The number of hydrazone groups is 2. The molecule has 67 heavy (non-hydrogen) atoms. The Labute approximate surface area is 400 Å². The summed E-state index contributed by atoms with van der Waals surface area (Å²) in [6.45, 7) is 15.1. The number of carboxylic acid groups (broad SMARTS) is 1. The summed E-state index contributed by atoms with van der Waals surface area (Å²) < 4.78 is 0. The van der Waals surface area contributed by atoms with E-state index in [9.17, 15) is 14.7 Å². The quantitative estimate of drug-likeness (QED) is 0.101. The molecule has 0 spiro atoms. The average Bonchev–Trinajstić information content (AvgIpc) is 4.20. The number of rotatable bonds is 9. The van der Waals surface area contributed by atoms with Gasteiger partial charge >= 0.3 is 5.97 Å². The van der Waals surface area contributed by atoms with E-state index in [1.165, 1.54) is 51.4 Å². The fourth-order valence-corrected chi connectivity index (χ4v) is 11.2. The number of carbonyl (C=O) groups is 2. The normalized spacial score (nSPS) is 21.5. The molecule has 4 unspecified atom stereocenters. The molecule has 17 heteroatoms. The zero-order chi connectivity index (χ0) is 47.2. The molecule has 2 aromatic carbocycles. The summed E-state index contributed by atoms with van der Waals surface area (Å²) in [4.78, 5) is 39.6. The summed E-state index contributed by atoms with van der Waals surface area (Å²) >= 11 is 12.7. The van der Waals surface area contributed by atoms with Gasteiger partial charge in [-0.15, -0.1) is 0 Å². The summed E-state index contributed by atoms with van der Waals surface area (Å²) in [5, 5.41) is 43.9. The van der Waals surface area contributed by atoms with Gasteiger partial charge < -0.3 is 26.4 Å². The molecule has 1 amide bonds. The number of aromatic nitrogens is 2. The van der Waals surface area contributed by atoms with Crippen molar-refractivity contribution in [2.45, 2.75) is 89.1 Å². The van der Waals surface area contributed by atoms with Crippen LogP contribution in [-0.2, 0) is 12.8 Å². The van der Waals surface area contributed by atoms with Crippen LogP contribution in [0.25, 0.3) is 9.69 Å². The van der Waals surface area contributed by atoms with E-state index in [-0.39, 0.29) is 49.4 Å². The second-order valence-corrected chi connectivity index (χ2v) is 18.5. The van der Waals surface area contributed by atoms with Crippen molar-refractivity contribution in [1.29, 1.82) is 0 Å². The maximum Gasteiger partial charge on any atom is 0.354 e. The lowest BCUT2D eigenvalue weighted by atomic mass is 9.76. The maximum absolute atomic E-state index is 12.3. The van der Waals surface area contributed by atoms with Crippen molar-refractivity contribution in [3.05, 3.63) is 127 Å². The van der Waals surface area contributed by atoms with Gasteiger partial charge in [-0.05, 0) is 112 Å². The van der Waals surface area contributed by atoms with Crippen LogP contribution in [0, 0.1) is 36.8 Å². The Morgan fingerprint density at radius 1 is 0.687 bits per heavy atom. The highest BCUT2D eigenvalue weighted by Crippen LogP contribution is 2.47. The number of benzene rings is 2. The first kappa shape index (κ1) is 47.5. The number of hydrogen-bond donors (Lipinski definition) is 5. The van der Waals surface area contributed by atoms with Gasteiger partial charge in [0.05, 0.1) is 72.6 Å². The van der Waals surface area contributed by atoms with Crippen LogP contribution in [0.3, 0.4) is 0 Å². The van der Waals surface area contributed by atoms with E-state index in [0.717, 1.165) is 71.0 Å². The molecule has 2 aromatic heterocycles. The first-order valence-electron chi connectivity index (χ1n) is 23.1. The SMILES string of the molecule is NCCO.[C-]#[N+]c1ccc(N2N=C3c4ccc(C(=O)NCCO)nc4CCC3C2C2CCCC2)cc1Cl.[C-]#[N+]c1ccc(N2N=C3c4ccc(C(=O)O)nc4CCC3C2C2CCCC2)cc1Cl. The van der Waals surface area contributed by atoms with Crippen LogP contribution in [-0.4, -0.2) is 87.0 Å². The number of amides is 1. The molecule has 6 N–H and O–H groups in total. The molecule has 6 aliphatic rings. The molecule has 4 aromatic rings. The van der Waals surface area contributed by atoms with E-state index in [1.807, 2.05) is 36.4 Å². The van der Waals surface area contributed by atoms with Crippen molar-refractivity contribution in [3.8, 4) is 0 Å². The van der Waals surface area contributed by atoms with Crippen LogP contribution in [0.2, 0.25) is 10.0 Å². The molecule has 10 rings (SSSR count). The Bertz CT molecular complexity index is 2650. The number of nitrogens with one attached hydrogen (secondary N) is 1. The van der Waals surface area contributed by atoms with E-state index < -0.39 is 5.97 Å². The number of fused-ring (bicyclic) bond motifs is 6. The average molecular weight is 946 g/mol. The predicted octanol–water partition coefficient (Wildman–Crippen LogP) is 8.62. The summed E-state index contributed by atoms with van der Waals surface area (Å²) in [6, 6.07) is 18.7. The van der Waals surface area contributed by atoms with Gasteiger partial charge in [-0.2, -0.15) is 10.2 Å². The zero-order valence-corrected chi connectivity index (χ0v) is 38.6. The van der Waals surface area contributed by atoms with E-state index in [2.05, 4.69) is 35.0 Å². The zero-order valence-electron chi connectivity index (χ0n) is 37.1. The molecular formula is C50H54Cl2N10O5. The lowest BCUT2D eigenvalue weighted by Gasteiger charge is -2.34. The van der Waals surface area contributed by atoms with Gasteiger partial charge in [0.1, 0.15) is 11.4 Å². The summed E-state index contributed by atoms with van der Waals surface area (Å²) in [5.74, 6) is 0.431. The predicted molar refractivity (Wildman–Crippen MR) is 260 cm³/mol. The smallest absolute Gasteiger partial charge is 0.354 e. The standard InChI is InChI=1S/C25H26ClN5O2.C23H21ClN4O2.C2H7NO/c1-27-21-9-6-16(14-19(21)26)31-24(15-4-2-3-5-15)18-8-10-20-17(23(18)30-31)7-11-22(29-20)25(33)28-12-13-32;1-25-19-9-6-14(12-17(19)24)28-22(13-4-2-3-5-13)16-8-10-18-15(21(16)27-28)7-11-20(26-18)23(29)30;3-1-2-4/h6-7,9,11,14-15,18,24,32H,2-5,8,10,12-13H2,(H,28,33);6-7,9,11-13,16,22H,2-5,8,10H2,(H,29,30);4H,1-3H2. The van der Waals surface area contributed by atoms with Crippen LogP contribution in [0.15, 0.2) is 70.9 Å². The van der Waals surface area contributed by atoms with Crippen molar-refractivity contribution in [2.75, 3.05) is 36.3 Å². The third-order valence-corrected chi connectivity index (χ3v) is 14.4. The van der Waals surface area contributed by atoms with Gasteiger partial charge in [0.2, 0.25) is 11.4 Å². The second-order valence-electron chi connectivity index (χ2n) is 17.7. The molecule has 2 aliphatic heterocycles. The van der Waals surface area contributed by atoms with E-state index in [4.69, 9.17) is 62.5 Å². The summed E-state index contributed by atoms with van der Waals surface area (Å²) in [5.41, 5.74) is 13.7. The van der Waals surface area contributed by atoms with E-state index in [0.29, 0.717) is 51.4 Å². The Balaban J connectivity index is 0.000000169. The first-order valence-corrected chi connectivity index (χ1v) is 23.9. The fourth-order valence-electron chi connectivity index (χ4n) is 10.8. The van der Waals surface area contributed by atoms with Gasteiger partial charge in [-0.25, -0.2) is 24.5 Å². The molecule has 0 radical (unpaired) electrons. The molecular weight excluding hydrogens is 892 g/mol. The molecule has 0 bridgehead atoms. The van der Waals surface area contributed by atoms with Gasteiger partial charge in [0, 0.05) is 46.1 Å². The van der Waals surface area contributed by atoms with E-state index in [1.54, 1.807) is 24.3 Å². The number of nitrogens with two attached hydrogens (primary N) is 1. The van der Waals surface area contributed by atoms with Gasteiger partial charge in [0.25, 0.3) is 5.91 Å². The number of pyridine rings is 2. The molecule has 4 heterocycles. The minimum Gasteiger partial charge on any atom is -0.477 e. The number of carbonyl (C=O) groups excluding carboxylic acids is 1. The Hall–Kier alpha value is -5.94. The highest BCUT2D eigenvalue weighted by molar-refractivity contribution is 6.34. The van der Waals surface area contributed by atoms with Crippen molar-refractivity contribution >= 4 is 69.3 Å². The number of nitrogens with zero attached hydrogens (tertiary/aromatic N) is 8. The highest BCUT2D eigenvalue weighted by Gasteiger charge is 2.47. The third kappa shape index (κ3) is 9.89. The molecule has 348 valence electrons. The van der Waals surface area contributed by atoms with Crippen LogP contribution < -0.4 is 21.1 Å². The number of carboxylic acids is 1. The molecule has 4 atom stereocenters. The number of aliphatic hydroxyl groups is 2. The summed E-state index contributed by atoms with van der Waals surface area (Å²) in [6.07, 6.45) is 13.2. The molecule has 2 fully saturated rings. The largest absolute Gasteiger partial charge is 0.477 e. The van der Waals surface area contributed by atoms with Crippen molar-refractivity contribution in [2.24, 2.45) is 39.6 Å². The van der Waals surface area contributed by atoms with Crippen LogP contribution >= 0.6 is 23.2 Å². The first-order chi connectivity index (χ1) is 32.6. The fraction of sp³-hybridized carbons (Fsp3) is 0.440. The maximum atomic E-state index is 12.3. The number of aryl methyl sites for hydroxylation is 2. The second kappa shape index (κ2) is 21.3. The Morgan fingerprint density at radius 2 is 1.13 bits per heavy atom. The minimum atomic E-state index is -1.01. The number of halogens is 2. The third-order valence-electron chi connectivity index (χ3n) is 13.8. The Morgan fingerprint density at radius 3 is 1.54 bits per heavy atom. The van der Waals surface area contributed by atoms with Gasteiger partial charge in [-0.3, -0.25) is 14.8 Å². The topological polar surface area (TPSA) is 199 Å². The van der Waals surface area contributed by atoms with Gasteiger partial charge in [0.15, 0.2) is 0 Å². The lowest BCUT2D eigenvalue weighted by Crippen LogP contribution is -2.40. The molecule has 4 aliphatic carbocycles. The van der Waals surface area contributed by atoms with Gasteiger partial charge in [-0.1, -0.05) is 61.0 Å². The number of hydrogen-bond acceptors (Lipinski definition) is 11. The number of aromatic carboxylic acids is 1. The van der Waals surface area contributed by atoms with Crippen LogP contribution in [0.1, 0.15) is 108 Å². The lowest BCUT2D eigenvalue weighted by molar-refractivity contribution is 0.0689. The van der Waals surface area contributed by atoms with Crippen LogP contribution in [0.4, 0.5) is 22.7 Å². The molecule has 15 nitrogen and oxygen atoms in total. The number of aliphatic hydroxyl groups excluding tert-OH is 2. The monoisotopic (exact) mass is 944 g/mol. The Kier molecular flexibility index (Phi) is 15.2. The molecule has 2 saturated carbocycles. The van der Waals surface area contributed by atoms with Crippen molar-refractivity contribution in [3.63, 3.8) is 0 Å². The van der Waals surface area contributed by atoms with Crippen LogP contribution in [0.5, 0.6) is 0 Å². The van der Waals surface area contributed by atoms with E-state index >= 15 is 0 Å².